The molecule has 11 heteroatoms. The Morgan fingerprint density at radius 3 is 2.96 bits per heavy atom. The van der Waals surface area contributed by atoms with Crippen LogP contribution in [0.15, 0.2) is 33.7 Å². The van der Waals surface area contributed by atoms with Crippen LogP contribution in [-0.2, 0) is 9.53 Å². The highest BCUT2D eigenvalue weighted by molar-refractivity contribution is 7.16. The molecule has 1 fully saturated rings. The number of anilines is 1. The van der Waals surface area contributed by atoms with Gasteiger partial charge in [0.15, 0.2) is 11.5 Å². The maximum Gasteiger partial charge on any atom is 0.270 e. The van der Waals surface area contributed by atoms with E-state index >= 15 is 0 Å². The van der Waals surface area contributed by atoms with Gasteiger partial charge in [-0.15, -0.1) is 11.3 Å². The number of nitrogens with zero attached hydrogens (tertiary/aromatic N) is 3. The van der Waals surface area contributed by atoms with Crippen molar-refractivity contribution >= 4 is 50.7 Å². The summed E-state index contributed by atoms with van der Waals surface area (Å²) in [6.07, 6.45) is 0.619. The first kappa shape index (κ1) is 18.9. The molecular weight excluding hydrogens is 368 g/mol. The molecule has 0 aliphatic carbocycles. The molecule has 1 aromatic carbocycles. The van der Waals surface area contributed by atoms with E-state index < -0.39 is 11.6 Å². The van der Waals surface area contributed by atoms with Crippen LogP contribution in [0.1, 0.15) is 6.42 Å². The molecule has 2 aromatic rings. The number of thiazole rings is 1. The van der Waals surface area contributed by atoms with E-state index in [1.807, 2.05) is 6.07 Å². The molecule has 1 aliphatic heterocycles. The molecular formula is C16H20N8O2S. The Bertz CT molecular complexity index is 922. The number of hydrogen-bond donors (Lipinski definition) is 5. The van der Waals surface area contributed by atoms with E-state index in [4.69, 9.17) is 27.3 Å². The summed E-state index contributed by atoms with van der Waals surface area (Å²) >= 11 is 1.51. The number of rotatable bonds is 4. The van der Waals surface area contributed by atoms with Crippen molar-refractivity contribution in [3.05, 3.63) is 23.7 Å². The van der Waals surface area contributed by atoms with Crippen LogP contribution in [0.2, 0.25) is 0 Å². The number of fused-ring (bicyclic) bond motifs is 1. The number of guanidine groups is 1. The molecule has 10 nitrogen and oxygen atoms in total. The predicted octanol–water partition coefficient (Wildman–Crippen LogP) is 0.0427. The first-order valence-corrected chi connectivity index (χ1v) is 9.06. The van der Waals surface area contributed by atoms with E-state index in [0.717, 1.165) is 10.2 Å². The lowest BCUT2D eigenvalue weighted by molar-refractivity contribution is -0.111. The molecule has 2 heterocycles. The van der Waals surface area contributed by atoms with Gasteiger partial charge in [-0.05, 0) is 24.6 Å². The minimum absolute atomic E-state index is 0.0967. The first-order chi connectivity index (χ1) is 12.9. The van der Waals surface area contributed by atoms with Gasteiger partial charge < -0.3 is 27.3 Å². The van der Waals surface area contributed by atoms with E-state index in [2.05, 4.69) is 20.3 Å². The number of carbonyl (C=O) groups excluding carboxylic acids is 1. The predicted molar refractivity (Wildman–Crippen MR) is 106 cm³/mol. The fourth-order valence-corrected chi connectivity index (χ4v) is 3.22. The Morgan fingerprint density at radius 1 is 1.41 bits per heavy atom. The molecule has 1 saturated heterocycles. The fraction of sp³-hybridized carbons (Fsp3) is 0.312. The summed E-state index contributed by atoms with van der Waals surface area (Å²) in [5.41, 5.74) is 19.7. The Hall–Kier alpha value is -2.89. The van der Waals surface area contributed by atoms with Crippen molar-refractivity contribution in [2.24, 2.45) is 27.2 Å². The van der Waals surface area contributed by atoms with Crippen molar-refractivity contribution in [2.45, 2.75) is 18.5 Å². The van der Waals surface area contributed by atoms with Gasteiger partial charge in [-0.1, -0.05) is 0 Å². The fourth-order valence-electron chi connectivity index (χ4n) is 2.56. The lowest BCUT2D eigenvalue weighted by Gasteiger charge is -2.25. The lowest BCUT2D eigenvalue weighted by atomic mass is 10.1. The summed E-state index contributed by atoms with van der Waals surface area (Å²) in [6.45, 7) is 0.926. The Kier molecular flexibility index (Phi) is 5.74. The Morgan fingerprint density at radius 2 is 2.22 bits per heavy atom. The van der Waals surface area contributed by atoms with E-state index in [-0.39, 0.29) is 23.9 Å². The number of nitrogens with one attached hydrogen (secondary N) is 2. The van der Waals surface area contributed by atoms with Crippen molar-refractivity contribution in [3.8, 4) is 0 Å². The summed E-state index contributed by atoms with van der Waals surface area (Å²) in [5, 5.41) is 10.8. The highest BCUT2D eigenvalue weighted by Crippen LogP contribution is 2.21. The SMILES string of the molecule is N=C(C(N)=O)/C(=N\C(N)=N[C@@H]1CCOC[C@@H]1N)Nc1ccc2scnc2c1. The second-order valence-corrected chi connectivity index (χ2v) is 6.83. The number of amides is 1. The van der Waals surface area contributed by atoms with Crippen LogP contribution in [0.3, 0.4) is 0 Å². The quantitative estimate of drug-likeness (QED) is 0.364. The molecule has 2 atom stereocenters. The second kappa shape index (κ2) is 8.20. The van der Waals surface area contributed by atoms with Crippen molar-refractivity contribution in [3.63, 3.8) is 0 Å². The number of primary amides is 1. The largest absolute Gasteiger partial charge is 0.380 e. The summed E-state index contributed by atoms with van der Waals surface area (Å²) in [7, 11) is 0. The second-order valence-electron chi connectivity index (χ2n) is 5.94. The number of carbonyl (C=O) groups is 1. The number of benzene rings is 1. The zero-order valence-corrected chi connectivity index (χ0v) is 15.2. The maximum atomic E-state index is 11.5. The molecule has 0 saturated carbocycles. The first-order valence-electron chi connectivity index (χ1n) is 8.18. The molecule has 27 heavy (non-hydrogen) atoms. The van der Waals surface area contributed by atoms with Gasteiger partial charge in [0.2, 0.25) is 5.96 Å². The van der Waals surface area contributed by atoms with Crippen molar-refractivity contribution < 1.29 is 9.53 Å². The lowest BCUT2D eigenvalue weighted by Crippen LogP contribution is -2.43. The average Bonchev–Trinajstić information content (AvgIpc) is 3.10. The third-order valence-electron chi connectivity index (χ3n) is 3.96. The molecule has 1 aromatic heterocycles. The highest BCUT2D eigenvalue weighted by Gasteiger charge is 2.22. The molecule has 3 rings (SSSR count). The summed E-state index contributed by atoms with van der Waals surface area (Å²) in [5.74, 6) is -1.13. The zero-order chi connectivity index (χ0) is 19.4. The van der Waals surface area contributed by atoms with Crippen molar-refractivity contribution in [1.82, 2.24) is 4.98 Å². The molecule has 1 amide bonds. The van der Waals surface area contributed by atoms with Gasteiger partial charge in [0.25, 0.3) is 5.91 Å². The smallest absolute Gasteiger partial charge is 0.270 e. The van der Waals surface area contributed by atoms with Crippen molar-refractivity contribution in [1.29, 1.82) is 5.41 Å². The number of nitrogens with two attached hydrogens (primary N) is 3. The third-order valence-corrected chi connectivity index (χ3v) is 4.77. The van der Waals surface area contributed by atoms with Crippen LogP contribution in [0.5, 0.6) is 0 Å². The summed E-state index contributed by atoms with van der Waals surface area (Å²) < 4.78 is 6.28. The molecule has 0 spiro atoms. The topological polar surface area (TPSA) is 178 Å². The minimum atomic E-state index is -0.938. The van der Waals surface area contributed by atoms with Gasteiger partial charge in [-0.25, -0.2) is 9.98 Å². The third kappa shape index (κ3) is 4.64. The van der Waals surface area contributed by atoms with Crippen LogP contribution in [0.25, 0.3) is 10.2 Å². The van der Waals surface area contributed by atoms with Gasteiger partial charge in [0.1, 0.15) is 0 Å². The van der Waals surface area contributed by atoms with Crippen molar-refractivity contribution in [2.75, 3.05) is 18.5 Å². The molecule has 0 unspecified atom stereocenters. The molecule has 1 aliphatic rings. The van der Waals surface area contributed by atoms with E-state index in [1.165, 1.54) is 11.3 Å². The molecule has 8 N–H and O–H groups in total. The van der Waals surface area contributed by atoms with Gasteiger partial charge in [0, 0.05) is 12.3 Å². The molecule has 0 bridgehead atoms. The number of ether oxygens (including phenoxy) is 1. The summed E-state index contributed by atoms with van der Waals surface area (Å²) in [4.78, 5) is 24.1. The highest BCUT2D eigenvalue weighted by atomic mass is 32.1. The standard InChI is InChI=1S/C16H20N8O2S/c17-9-6-26-4-3-10(9)23-16(20)24-15(13(18)14(19)25)22-8-1-2-12-11(5-8)21-7-27-12/h1-2,5,7,9-10,18H,3-4,6,17H2,(H2,19,25)(H3,20,22,23,24)/t9-,10+/m0/s1. The van der Waals surface area contributed by atoms with Gasteiger partial charge in [0.05, 0.1) is 34.4 Å². The van der Waals surface area contributed by atoms with Crippen LogP contribution >= 0.6 is 11.3 Å². The van der Waals surface area contributed by atoms with E-state index in [0.29, 0.717) is 25.3 Å². The number of hydrogen-bond acceptors (Lipinski definition) is 7. The van der Waals surface area contributed by atoms with Crippen LogP contribution in [0.4, 0.5) is 5.69 Å². The maximum absolute atomic E-state index is 11.5. The Labute approximate surface area is 159 Å². The van der Waals surface area contributed by atoms with Crippen LogP contribution in [0, 0.1) is 5.41 Å². The number of amidine groups is 1. The molecule has 0 radical (unpaired) electrons. The monoisotopic (exact) mass is 388 g/mol. The van der Waals surface area contributed by atoms with Gasteiger partial charge >= 0.3 is 0 Å². The minimum Gasteiger partial charge on any atom is -0.380 e. The normalized spacial score (nSPS) is 21.2. The molecule has 142 valence electrons. The summed E-state index contributed by atoms with van der Waals surface area (Å²) in [6, 6.07) is 4.91. The number of aliphatic imine (C=N–C) groups is 2. The zero-order valence-electron chi connectivity index (χ0n) is 14.4. The van der Waals surface area contributed by atoms with Gasteiger partial charge in [-0.2, -0.15) is 4.99 Å². The van der Waals surface area contributed by atoms with Crippen LogP contribution < -0.4 is 22.5 Å². The van der Waals surface area contributed by atoms with E-state index in [1.54, 1.807) is 17.6 Å². The van der Waals surface area contributed by atoms with E-state index in [9.17, 15) is 4.79 Å². The van der Waals surface area contributed by atoms with Crippen LogP contribution in [-0.4, -0.2) is 53.7 Å². The Balaban J connectivity index is 1.86. The number of aromatic nitrogens is 1. The average molecular weight is 388 g/mol. The van der Waals surface area contributed by atoms with Gasteiger partial charge in [-0.3, -0.25) is 10.2 Å².